The zero-order valence-corrected chi connectivity index (χ0v) is 9.05. The van der Waals surface area contributed by atoms with E-state index in [-0.39, 0.29) is 11.2 Å². The van der Waals surface area contributed by atoms with E-state index in [0.29, 0.717) is 6.54 Å². The minimum Gasteiger partial charge on any atom is -0.394 e. The maximum absolute atomic E-state index is 11.6. The first-order valence-corrected chi connectivity index (χ1v) is 5.12. The molecule has 2 N–H and O–H groups in total. The third-order valence-corrected chi connectivity index (χ3v) is 2.47. The van der Waals surface area contributed by atoms with Crippen molar-refractivity contribution in [1.82, 2.24) is 9.55 Å². The standard InChI is InChI=1S/C12H13N3O/c1-2-15-8-10(7-11(13)12(15)16)9-3-5-14-6-4-9/h3-8H,2,13H2,1H3. The Morgan fingerprint density at radius 1 is 1.31 bits per heavy atom. The maximum atomic E-state index is 11.6. The molecule has 2 rings (SSSR count). The van der Waals surface area contributed by atoms with E-state index in [1.807, 2.05) is 25.3 Å². The molecule has 0 amide bonds. The predicted molar refractivity (Wildman–Crippen MR) is 64.0 cm³/mol. The van der Waals surface area contributed by atoms with Crippen molar-refractivity contribution in [1.29, 1.82) is 0 Å². The zero-order valence-electron chi connectivity index (χ0n) is 9.05. The lowest BCUT2D eigenvalue weighted by Gasteiger charge is -2.07. The van der Waals surface area contributed by atoms with Gasteiger partial charge in [-0.2, -0.15) is 0 Å². The van der Waals surface area contributed by atoms with Gasteiger partial charge in [-0.25, -0.2) is 0 Å². The third kappa shape index (κ3) is 1.82. The number of hydrogen-bond donors (Lipinski definition) is 1. The summed E-state index contributed by atoms with van der Waals surface area (Å²) in [6.07, 6.45) is 5.24. The van der Waals surface area contributed by atoms with Crippen LogP contribution in [0, 0.1) is 0 Å². The first-order valence-electron chi connectivity index (χ1n) is 5.12. The highest BCUT2D eigenvalue weighted by Crippen LogP contribution is 2.18. The Balaban J connectivity index is 2.60. The van der Waals surface area contributed by atoms with E-state index in [9.17, 15) is 4.79 Å². The van der Waals surface area contributed by atoms with Gasteiger partial charge in [-0.05, 0) is 30.7 Å². The van der Waals surface area contributed by atoms with Crippen LogP contribution in [0.25, 0.3) is 11.1 Å². The molecule has 0 aliphatic carbocycles. The summed E-state index contributed by atoms with van der Waals surface area (Å²) in [6, 6.07) is 5.47. The van der Waals surface area contributed by atoms with Crippen LogP contribution in [0.5, 0.6) is 0 Å². The summed E-state index contributed by atoms with van der Waals surface area (Å²) in [7, 11) is 0. The number of hydrogen-bond acceptors (Lipinski definition) is 3. The molecule has 2 heterocycles. The molecule has 0 aliphatic heterocycles. The molecule has 4 heteroatoms. The molecular formula is C12H13N3O. The van der Waals surface area contributed by atoms with Gasteiger partial charge in [0.25, 0.3) is 5.56 Å². The molecule has 0 aromatic carbocycles. The summed E-state index contributed by atoms with van der Waals surface area (Å²) in [4.78, 5) is 15.6. The van der Waals surface area contributed by atoms with Crippen LogP contribution in [0.2, 0.25) is 0 Å². The van der Waals surface area contributed by atoms with E-state index >= 15 is 0 Å². The van der Waals surface area contributed by atoms with Gasteiger partial charge in [0.15, 0.2) is 0 Å². The van der Waals surface area contributed by atoms with Crippen molar-refractivity contribution in [2.24, 2.45) is 0 Å². The van der Waals surface area contributed by atoms with E-state index < -0.39 is 0 Å². The molecule has 16 heavy (non-hydrogen) atoms. The fraction of sp³-hybridized carbons (Fsp3) is 0.167. The topological polar surface area (TPSA) is 60.9 Å². The second-order valence-corrected chi connectivity index (χ2v) is 3.51. The number of aromatic nitrogens is 2. The monoisotopic (exact) mass is 215 g/mol. The molecule has 0 saturated carbocycles. The second-order valence-electron chi connectivity index (χ2n) is 3.51. The number of aryl methyl sites for hydroxylation is 1. The lowest BCUT2D eigenvalue weighted by atomic mass is 10.1. The number of anilines is 1. The minimum absolute atomic E-state index is 0.139. The van der Waals surface area contributed by atoms with E-state index in [4.69, 9.17) is 5.73 Å². The number of nitrogens with zero attached hydrogens (tertiary/aromatic N) is 2. The zero-order chi connectivity index (χ0) is 11.5. The summed E-state index contributed by atoms with van der Waals surface area (Å²) in [6.45, 7) is 2.53. The molecule has 4 nitrogen and oxygen atoms in total. The normalized spacial score (nSPS) is 10.3. The van der Waals surface area contributed by atoms with Crippen molar-refractivity contribution in [2.45, 2.75) is 13.5 Å². The fourth-order valence-corrected chi connectivity index (χ4v) is 1.60. The maximum Gasteiger partial charge on any atom is 0.273 e. The Hall–Kier alpha value is -2.10. The quantitative estimate of drug-likeness (QED) is 0.826. The smallest absolute Gasteiger partial charge is 0.273 e. The van der Waals surface area contributed by atoms with Crippen LogP contribution in [0.4, 0.5) is 5.69 Å². The van der Waals surface area contributed by atoms with Gasteiger partial charge < -0.3 is 10.3 Å². The SMILES string of the molecule is CCn1cc(-c2ccncc2)cc(N)c1=O. The van der Waals surface area contributed by atoms with Gasteiger partial charge in [-0.15, -0.1) is 0 Å². The largest absolute Gasteiger partial charge is 0.394 e. The highest BCUT2D eigenvalue weighted by molar-refractivity contribution is 5.65. The molecule has 0 unspecified atom stereocenters. The van der Waals surface area contributed by atoms with Crippen LogP contribution in [0.3, 0.4) is 0 Å². The number of rotatable bonds is 2. The van der Waals surface area contributed by atoms with Gasteiger partial charge in [0.2, 0.25) is 0 Å². The molecule has 2 aromatic rings. The molecule has 82 valence electrons. The van der Waals surface area contributed by atoms with E-state index in [0.717, 1.165) is 11.1 Å². The van der Waals surface area contributed by atoms with Gasteiger partial charge in [0.05, 0.1) is 5.69 Å². The third-order valence-electron chi connectivity index (χ3n) is 2.47. The van der Waals surface area contributed by atoms with Crippen LogP contribution in [0.15, 0.2) is 41.6 Å². The molecule has 0 saturated heterocycles. The lowest BCUT2D eigenvalue weighted by molar-refractivity contribution is 0.731. The number of pyridine rings is 2. The first kappa shape index (κ1) is 10.4. The summed E-state index contributed by atoms with van der Waals surface area (Å²) in [5, 5.41) is 0. The van der Waals surface area contributed by atoms with Crippen LogP contribution in [0.1, 0.15) is 6.92 Å². The molecule has 0 spiro atoms. The average Bonchev–Trinajstić information content (AvgIpc) is 2.33. The highest BCUT2D eigenvalue weighted by Gasteiger charge is 2.04. The Morgan fingerprint density at radius 3 is 2.62 bits per heavy atom. The van der Waals surface area contributed by atoms with Crippen LogP contribution >= 0.6 is 0 Å². The summed E-state index contributed by atoms with van der Waals surface area (Å²) in [5.74, 6) is 0. The van der Waals surface area contributed by atoms with Crippen molar-refractivity contribution in [3.63, 3.8) is 0 Å². The van der Waals surface area contributed by atoms with E-state index in [1.54, 1.807) is 23.0 Å². The van der Waals surface area contributed by atoms with Crippen molar-refractivity contribution in [3.8, 4) is 11.1 Å². The Bertz CT molecular complexity index is 546. The van der Waals surface area contributed by atoms with Crippen molar-refractivity contribution >= 4 is 5.69 Å². The fourth-order valence-electron chi connectivity index (χ4n) is 1.60. The molecule has 0 aliphatic rings. The van der Waals surface area contributed by atoms with Gasteiger partial charge in [0, 0.05) is 30.7 Å². The van der Waals surface area contributed by atoms with Gasteiger partial charge in [0.1, 0.15) is 0 Å². The lowest BCUT2D eigenvalue weighted by Crippen LogP contribution is -2.21. The molecule has 0 radical (unpaired) electrons. The average molecular weight is 215 g/mol. The second kappa shape index (κ2) is 4.18. The molecule has 0 fully saturated rings. The van der Waals surface area contributed by atoms with Crippen molar-refractivity contribution in [3.05, 3.63) is 47.1 Å². The minimum atomic E-state index is -0.139. The van der Waals surface area contributed by atoms with Crippen LogP contribution in [-0.4, -0.2) is 9.55 Å². The summed E-state index contributed by atoms with van der Waals surface area (Å²) in [5.41, 5.74) is 7.76. The van der Waals surface area contributed by atoms with Gasteiger partial charge in [-0.1, -0.05) is 0 Å². The number of nitrogen functional groups attached to an aromatic ring is 1. The summed E-state index contributed by atoms with van der Waals surface area (Å²) < 4.78 is 1.60. The highest BCUT2D eigenvalue weighted by atomic mass is 16.1. The molecule has 2 aromatic heterocycles. The van der Waals surface area contributed by atoms with Crippen LogP contribution < -0.4 is 11.3 Å². The van der Waals surface area contributed by atoms with Gasteiger partial charge >= 0.3 is 0 Å². The van der Waals surface area contributed by atoms with Crippen molar-refractivity contribution < 1.29 is 0 Å². The van der Waals surface area contributed by atoms with E-state index in [2.05, 4.69) is 4.98 Å². The Labute approximate surface area is 93.4 Å². The molecule has 0 atom stereocenters. The Morgan fingerprint density at radius 2 is 2.00 bits per heavy atom. The predicted octanol–water partition coefficient (Wildman–Crippen LogP) is 1.51. The van der Waals surface area contributed by atoms with Gasteiger partial charge in [-0.3, -0.25) is 9.78 Å². The number of nitrogens with two attached hydrogens (primary N) is 1. The molecule has 0 bridgehead atoms. The first-order chi connectivity index (χ1) is 7.72. The van der Waals surface area contributed by atoms with Crippen molar-refractivity contribution in [2.75, 3.05) is 5.73 Å². The summed E-state index contributed by atoms with van der Waals surface area (Å²) >= 11 is 0. The Kier molecular flexibility index (Phi) is 2.72. The van der Waals surface area contributed by atoms with Crippen LogP contribution in [-0.2, 0) is 6.54 Å². The molecular weight excluding hydrogens is 202 g/mol. The van der Waals surface area contributed by atoms with E-state index in [1.165, 1.54) is 0 Å².